The fourth-order valence-electron chi connectivity index (χ4n) is 2.61. The van der Waals surface area contributed by atoms with Crippen molar-refractivity contribution in [3.63, 3.8) is 0 Å². The number of hydrogen-bond acceptors (Lipinski definition) is 5. The summed E-state index contributed by atoms with van der Waals surface area (Å²) in [4.78, 5) is 11.2. The first-order chi connectivity index (χ1) is 8.72. The number of hydrogen-bond donors (Lipinski definition) is 2. The van der Waals surface area contributed by atoms with Gasteiger partial charge in [0, 0.05) is 38.2 Å². The number of rotatable bonds is 2. The normalized spacial score (nSPS) is 25.0. The van der Waals surface area contributed by atoms with Crippen molar-refractivity contribution < 1.29 is 5.11 Å². The molecule has 0 spiro atoms. The molecule has 0 amide bonds. The lowest BCUT2D eigenvalue weighted by Crippen LogP contribution is -2.41. The highest BCUT2D eigenvalue weighted by Crippen LogP contribution is 2.24. The van der Waals surface area contributed by atoms with Crippen LogP contribution in [0.3, 0.4) is 0 Å². The third-order valence-electron chi connectivity index (χ3n) is 3.76. The van der Waals surface area contributed by atoms with E-state index in [4.69, 9.17) is 0 Å². The maximum Gasteiger partial charge on any atom is 0.132 e. The first-order valence-corrected chi connectivity index (χ1v) is 6.71. The second kappa shape index (κ2) is 4.82. The number of nitrogens with zero attached hydrogens (tertiary/aromatic N) is 3. The van der Waals surface area contributed by atoms with E-state index in [1.165, 1.54) is 0 Å². The van der Waals surface area contributed by atoms with Crippen LogP contribution in [0.1, 0.15) is 30.3 Å². The minimum atomic E-state index is -0.220. The van der Waals surface area contributed by atoms with Crippen LogP contribution in [0.15, 0.2) is 6.07 Å². The Balaban J connectivity index is 1.84. The third kappa shape index (κ3) is 2.33. The van der Waals surface area contributed by atoms with Crippen molar-refractivity contribution in [2.75, 3.05) is 31.1 Å². The number of anilines is 1. The molecule has 5 nitrogen and oxygen atoms in total. The average molecular weight is 248 g/mol. The highest BCUT2D eigenvalue weighted by atomic mass is 16.3. The van der Waals surface area contributed by atoms with Gasteiger partial charge in [0.25, 0.3) is 0 Å². The van der Waals surface area contributed by atoms with E-state index in [2.05, 4.69) is 26.3 Å². The quantitative estimate of drug-likeness (QED) is 0.795. The minimum Gasteiger partial charge on any atom is -0.391 e. The van der Waals surface area contributed by atoms with Crippen LogP contribution in [0.5, 0.6) is 0 Å². The summed E-state index contributed by atoms with van der Waals surface area (Å²) in [6, 6.07) is 2.09. The minimum absolute atomic E-state index is 0.220. The second-order valence-electron chi connectivity index (χ2n) is 5.30. The Hall–Kier alpha value is -1.20. The molecule has 2 aliphatic heterocycles. The first-order valence-electron chi connectivity index (χ1n) is 6.71. The van der Waals surface area contributed by atoms with E-state index in [1.807, 2.05) is 6.92 Å². The Morgan fingerprint density at radius 1 is 1.39 bits per heavy atom. The monoisotopic (exact) mass is 248 g/mol. The molecule has 3 rings (SSSR count). The SMILES string of the molecule is Cc1nc(C2CNC2)cc(N2CCCC(O)C2)n1. The molecular formula is C13H20N4O. The van der Waals surface area contributed by atoms with E-state index in [0.29, 0.717) is 12.5 Å². The molecule has 1 aromatic heterocycles. The van der Waals surface area contributed by atoms with Crippen LogP contribution in [0.25, 0.3) is 0 Å². The fourth-order valence-corrected chi connectivity index (χ4v) is 2.61. The summed E-state index contributed by atoms with van der Waals surface area (Å²) in [6.07, 6.45) is 1.72. The standard InChI is InChI=1S/C13H20N4O/c1-9-15-12(10-6-14-7-10)5-13(16-9)17-4-2-3-11(18)8-17/h5,10-11,14,18H,2-4,6-8H2,1H3. The van der Waals surface area contributed by atoms with Gasteiger partial charge in [0.1, 0.15) is 11.6 Å². The molecule has 0 bridgehead atoms. The Bertz CT molecular complexity index is 433. The number of nitrogens with one attached hydrogen (secondary N) is 1. The van der Waals surface area contributed by atoms with Crippen LogP contribution in [0, 0.1) is 6.92 Å². The van der Waals surface area contributed by atoms with Gasteiger partial charge in [-0.25, -0.2) is 9.97 Å². The van der Waals surface area contributed by atoms with Gasteiger partial charge in [-0.2, -0.15) is 0 Å². The van der Waals surface area contributed by atoms with Gasteiger partial charge in [0.05, 0.1) is 11.8 Å². The lowest BCUT2D eigenvalue weighted by atomic mass is 9.98. The van der Waals surface area contributed by atoms with Crippen molar-refractivity contribution in [1.29, 1.82) is 0 Å². The molecule has 5 heteroatoms. The Labute approximate surface area is 107 Å². The molecule has 0 radical (unpaired) electrons. The van der Waals surface area contributed by atoms with Gasteiger partial charge in [-0.1, -0.05) is 0 Å². The van der Waals surface area contributed by atoms with E-state index < -0.39 is 0 Å². The van der Waals surface area contributed by atoms with Crippen LogP contribution < -0.4 is 10.2 Å². The van der Waals surface area contributed by atoms with Crippen molar-refractivity contribution in [2.24, 2.45) is 0 Å². The van der Waals surface area contributed by atoms with E-state index in [-0.39, 0.29) is 6.10 Å². The Kier molecular flexibility index (Phi) is 3.18. The number of piperidine rings is 1. The molecule has 0 aromatic carbocycles. The lowest BCUT2D eigenvalue weighted by molar-refractivity contribution is 0.154. The van der Waals surface area contributed by atoms with Gasteiger partial charge in [-0.05, 0) is 19.8 Å². The van der Waals surface area contributed by atoms with E-state index in [0.717, 1.165) is 49.8 Å². The number of aromatic nitrogens is 2. The molecule has 0 saturated carbocycles. The van der Waals surface area contributed by atoms with Gasteiger partial charge < -0.3 is 15.3 Å². The first kappa shape index (κ1) is 11.9. The van der Waals surface area contributed by atoms with Gasteiger partial charge in [0.15, 0.2) is 0 Å². The average Bonchev–Trinajstić information content (AvgIpc) is 2.26. The molecule has 1 atom stereocenters. The molecule has 0 aliphatic carbocycles. The zero-order valence-corrected chi connectivity index (χ0v) is 10.8. The predicted octanol–water partition coefficient (Wildman–Crippen LogP) is 0.433. The van der Waals surface area contributed by atoms with Crippen molar-refractivity contribution in [1.82, 2.24) is 15.3 Å². The molecule has 1 aromatic rings. The van der Waals surface area contributed by atoms with Gasteiger partial charge in [-0.15, -0.1) is 0 Å². The highest BCUT2D eigenvalue weighted by Gasteiger charge is 2.24. The van der Waals surface area contributed by atoms with E-state index >= 15 is 0 Å². The van der Waals surface area contributed by atoms with Crippen molar-refractivity contribution in [2.45, 2.75) is 31.8 Å². The highest BCUT2D eigenvalue weighted by molar-refractivity contribution is 5.41. The van der Waals surface area contributed by atoms with Crippen LogP contribution >= 0.6 is 0 Å². The maximum atomic E-state index is 9.75. The Morgan fingerprint density at radius 2 is 2.22 bits per heavy atom. The summed E-state index contributed by atoms with van der Waals surface area (Å²) >= 11 is 0. The second-order valence-corrected chi connectivity index (χ2v) is 5.30. The van der Waals surface area contributed by atoms with Gasteiger partial charge in [-0.3, -0.25) is 0 Å². The molecule has 3 heterocycles. The smallest absolute Gasteiger partial charge is 0.132 e. The molecule has 2 aliphatic rings. The van der Waals surface area contributed by atoms with Crippen molar-refractivity contribution in [3.8, 4) is 0 Å². The molecule has 18 heavy (non-hydrogen) atoms. The molecule has 98 valence electrons. The molecule has 2 fully saturated rings. The van der Waals surface area contributed by atoms with Crippen molar-refractivity contribution in [3.05, 3.63) is 17.6 Å². The number of aryl methyl sites for hydroxylation is 1. The summed E-state index contributed by atoms with van der Waals surface area (Å²) in [5, 5.41) is 13.0. The summed E-state index contributed by atoms with van der Waals surface area (Å²) in [6.45, 7) is 5.64. The number of β-amino-alcohol motifs (C(OH)–C–C–N with tert-alkyl or cyclic N) is 1. The molecule has 2 N–H and O–H groups in total. The number of aliphatic hydroxyl groups is 1. The largest absolute Gasteiger partial charge is 0.391 e. The third-order valence-corrected chi connectivity index (χ3v) is 3.76. The summed E-state index contributed by atoms with van der Waals surface area (Å²) in [7, 11) is 0. The zero-order valence-electron chi connectivity index (χ0n) is 10.8. The van der Waals surface area contributed by atoms with Crippen LogP contribution in [-0.2, 0) is 0 Å². The van der Waals surface area contributed by atoms with Gasteiger partial charge >= 0.3 is 0 Å². The zero-order chi connectivity index (χ0) is 12.5. The fraction of sp³-hybridized carbons (Fsp3) is 0.692. The molecule has 1 unspecified atom stereocenters. The summed E-state index contributed by atoms with van der Waals surface area (Å²) < 4.78 is 0. The summed E-state index contributed by atoms with van der Waals surface area (Å²) in [5.74, 6) is 2.33. The number of aliphatic hydroxyl groups excluding tert-OH is 1. The lowest BCUT2D eigenvalue weighted by Gasteiger charge is -2.32. The Morgan fingerprint density at radius 3 is 2.89 bits per heavy atom. The maximum absolute atomic E-state index is 9.75. The molecule has 2 saturated heterocycles. The van der Waals surface area contributed by atoms with Gasteiger partial charge in [0.2, 0.25) is 0 Å². The van der Waals surface area contributed by atoms with E-state index in [1.54, 1.807) is 0 Å². The van der Waals surface area contributed by atoms with Crippen LogP contribution in [-0.4, -0.2) is 47.4 Å². The molecular weight excluding hydrogens is 228 g/mol. The predicted molar refractivity (Wildman–Crippen MR) is 69.8 cm³/mol. The summed E-state index contributed by atoms with van der Waals surface area (Å²) in [5.41, 5.74) is 1.14. The van der Waals surface area contributed by atoms with Crippen LogP contribution in [0.4, 0.5) is 5.82 Å². The van der Waals surface area contributed by atoms with E-state index in [9.17, 15) is 5.11 Å². The van der Waals surface area contributed by atoms with Crippen LogP contribution in [0.2, 0.25) is 0 Å². The van der Waals surface area contributed by atoms with Crippen molar-refractivity contribution >= 4 is 5.82 Å². The topological polar surface area (TPSA) is 61.3 Å².